The van der Waals surface area contributed by atoms with E-state index >= 15 is 0 Å². The van der Waals surface area contributed by atoms with Crippen LogP contribution in [0.15, 0.2) is 24.3 Å². The molecule has 1 saturated carbocycles. The van der Waals surface area contributed by atoms with Crippen molar-refractivity contribution in [2.45, 2.75) is 39.7 Å². The summed E-state index contributed by atoms with van der Waals surface area (Å²) >= 11 is 0. The Morgan fingerprint density at radius 1 is 1.19 bits per heavy atom. The first-order chi connectivity index (χ1) is 10.2. The van der Waals surface area contributed by atoms with Crippen molar-refractivity contribution < 1.29 is 9.47 Å². The normalized spacial score (nSPS) is 14.6. The second-order valence-corrected chi connectivity index (χ2v) is 6.37. The van der Waals surface area contributed by atoms with Crippen molar-refractivity contribution in [2.24, 2.45) is 11.8 Å². The first-order valence-corrected chi connectivity index (χ1v) is 8.24. The van der Waals surface area contributed by atoms with Crippen molar-refractivity contribution in [3.05, 3.63) is 29.8 Å². The van der Waals surface area contributed by atoms with E-state index in [1.165, 1.54) is 24.8 Å². The second kappa shape index (κ2) is 9.06. The Morgan fingerprint density at radius 2 is 2.05 bits per heavy atom. The van der Waals surface area contributed by atoms with Crippen LogP contribution >= 0.6 is 0 Å². The summed E-state index contributed by atoms with van der Waals surface area (Å²) in [5, 5.41) is 3.45. The zero-order valence-electron chi connectivity index (χ0n) is 13.4. The Kier molecular flexibility index (Phi) is 7.04. The van der Waals surface area contributed by atoms with E-state index in [0.29, 0.717) is 19.1 Å². The van der Waals surface area contributed by atoms with E-state index in [1.807, 2.05) is 6.07 Å². The molecule has 1 aromatic rings. The maximum absolute atomic E-state index is 5.74. The van der Waals surface area contributed by atoms with Gasteiger partial charge in [-0.15, -0.1) is 0 Å². The van der Waals surface area contributed by atoms with Crippen LogP contribution in [0.1, 0.15) is 38.7 Å². The highest BCUT2D eigenvalue weighted by molar-refractivity contribution is 5.28. The third-order valence-corrected chi connectivity index (χ3v) is 3.64. The third-order valence-electron chi connectivity index (χ3n) is 3.64. The van der Waals surface area contributed by atoms with Gasteiger partial charge in [-0.3, -0.25) is 0 Å². The molecular formula is C18H29NO2. The molecule has 0 spiro atoms. The molecule has 118 valence electrons. The van der Waals surface area contributed by atoms with Crippen LogP contribution in [0.4, 0.5) is 0 Å². The predicted molar refractivity (Wildman–Crippen MR) is 86.6 cm³/mol. The maximum atomic E-state index is 5.74. The predicted octanol–water partition coefficient (Wildman–Crippen LogP) is 3.63. The van der Waals surface area contributed by atoms with Gasteiger partial charge in [0.15, 0.2) is 0 Å². The molecule has 3 heteroatoms. The van der Waals surface area contributed by atoms with Gasteiger partial charge in [0, 0.05) is 13.2 Å². The van der Waals surface area contributed by atoms with Crippen LogP contribution in [0, 0.1) is 11.8 Å². The Balaban J connectivity index is 1.58. The number of ether oxygens (including phenoxy) is 2. The van der Waals surface area contributed by atoms with Crippen molar-refractivity contribution in [3.8, 4) is 5.75 Å². The Labute approximate surface area is 129 Å². The van der Waals surface area contributed by atoms with Gasteiger partial charge in [0.2, 0.25) is 0 Å². The van der Waals surface area contributed by atoms with Crippen LogP contribution < -0.4 is 10.1 Å². The van der Waals surface area contributed by atoms with Gasteiger partial charge in [-0.05, 0) is 42.5 Å². The quantitative estimate of drug-likeness (QED) is 0.632. The first kappa shape index (κ1) is 16.3. The number of rotatable bonds is 11. The van der Waals surface area contributed by atoms with Gasteiger partial charge in [0.05, 0.1) is 6.61 Å². The van der Waals surface area contributed by atoms with Gasteiger partial charge in [0.1, 0.15) is 12.4 Å². The smallest absolute Gasteiger partial charge is 0.119 e. The topological polar surface area (TPSA) is 30.5 Å². The summed E-state index contributed by atoms with van der Waals surface area (Å²) in [5.41, 5.74) is 1.27. The van der Waals surface area contributed by atoms with E-state index in [4.69, 9.17) is 9.47 Å². The average molecular weight is 291 g/mol. The molecule has 1 fully saturated rings. The van der Waals surface area contributed by atoms with E-state index in [2.05, 4.69) is 37.4 Å². The summed E-state index contributed by atoms with van der Waals surface area (Å²) in [6.07, 6.45) is 4.02. The van der Waals surface area contributed by atoms with Crippen molar-refractivity contribution in [3.63, 3.8) is 0 Å². The fourth-order valence-electron chi connectivity index (χ4n) is 2.23. The van der Waals surface area contributed by atoms with E-state index in [1.54, 1.807) is 0 Å². The molecule has 0 amide bonds. The van der Waals surface area contributed by atoms with Crippen molar-refractivity contribution in [2.75, 3.05) is 26.4 Å². The molecule has 1 aromatic carbocycles. The molecule has 1 N–H and O–H groups in total. The van der Waals surface area contributed by atoms with Gasteiger partial charge in [-0.1, -0.05) is 38.8 Å². The summed E-state index contributed by atoms with van der Waals surface area (Å²) in [5.74, 6) is 2.56. The van der Waals surface area contributed by atoms with Crippen LogP contribution in [0.3, 0.4) is 0 Å². The first-order valence-electron chi connectivity index (χ1n) is 8.24. The van der Waals surface area contributed by atoms with E-state index in [9.17, 15) is 0 Å². The maximum Gasteiger partial charge on any atom is 0.119 e. The van der Waals surface area contributed by atoms with E-state index in [0.717, 1.165) is 31.4 Å². The van der Waals surface area contributed by atoms with Gasteiger partial charge in [-0.2, -0.15) is 0 Å². The summed E-state index contributed by atoms with van der Waals surface area (Å²) in [7, 11) is 0. The lowest BCUT2D eigenvalue weighted by molar-refractivity contribution is 0.0958. The Morgan fingerprint density at radius 3 is 2.81 bits per heavy atom. The minimum absolute atomic E-state index is 0.632. The lowest BCUT2D eigenvalue weighted by Crippen LogP contribution is -2.18. The highest BCUT2D eigenvalue weighted by Crippen LogP contribution is 2.32. The minimum Gasteiger partial charge on any atom is -0.491 e. The molecule has 0 aromatic heterocycles. The average Bonchev–Trinajstić information content (AvgIpc) is 3.27. The van der Waals surface area contributed by atoms with Crippen LogP contribution in [0.2, 0.25) is 0 Å². The zero-order valence-corrected chi connectivity index (χ0v) is 13.4. The summed E-state index contributed by atoms with van der Waals surface area (Å²) in [6, 6.07) is 8.30. The van der Waals surface area contributed by atoms with Crippen LogP contribution in [0.5, 0.6) is 5.75 Å². The van der Waals surface area contributed by atoms with Gasteiger partial charge in [0.25, 0.3) is 0 Å². The monoisotopic (exact) mass is 291 g/mol. The molecule has 0 saturated heterocycles. The molecule has 2 rings (SSSR count). The molecule has 0 radical (unpaired) electrons. The Bertz CT molecular complexity index is 402. The van der Waals surface area contributed by atoms with Crippen molar-refractivity contribution in [1.29, 1.82) is 0 Å². The number of hydrogen-bond donors (Lipinski definition) is 1. The third kappa shape index (κ3) is 7.49. The van der Waals surface area contributed by atoms with Gasteiger partial charge >= 0.3 is 0 Å². The molecule has 0 bridgehead atoms. The molecule has 0 unspecified atom stereocenters. The molecule has 1 aliphatic rings. The molecule has 21 heavy (non-hydrogen) atoms. The minimum atomic E-state index is 0.632. The van der Waals surface area contributed by atoms with Crippen LogP contribution in [0.25, 0.3) is 0 Å². The molecular weight excluding hydrogens is 262 g/mol. The van der Waals surface area contributed by atoms with Crippen molar-refractivity contribution >= 4 is 0 Å². The van der Waals surface area contributed by atoms with Gasteiger partial charge < -0.3 is 14.8 Å². The fourth-order valence-corrected chi connectivity index (χ4v) is 2.23. The number of benzene rings is 1. The van der Waals surface area contributed by atoms with Gasteiger partial charge in [-0.25, -0.2) is 0 Å². The summed E-state index contributed by atoms with van der Waals surface area (Å²) in [6.45, 7) is 8.57. The molecule has 3 nitrogen and oxygen atoms in total. The van der Waals surface area contributed by atoms with Crippen molar-refractivity contribution in [1.82, 2.24) is 5.32 Å². The molecule has 0 atom stereocenters. The lowest BCUT2D eigenvalue weighted by Gasteiger charge is -2.10. The zero-order chi connectivity index (χ0) is 14.9. The molecule has 0 heterocycles. The molecule has 1 aliphatic carbocycles. The molecule has 0 aliphatic heterocycles. The number of nitrogens with one attached hydrogen (secondary N) is 1. The lowest BCUT2D eigenvalue weighted by atomic mass is 10.2. The number of hydrogen-bond acceptors (Lipinski definition) is 3. The second-order valence-electron chi connectivity index (χ2n) is 6.37. The fraction of sp³-hybridized carbons (Fsp3) is 0.667. The summed E-state index contributed by atoms with van der Waals surface area (Å²) < 4.78 is 11.3. The Hall–Kier alpha value is -1.06. The van der Waals surface area contributed by atoms with Crippen LogP contribution in [-0.2, 0) is 11.3 Å². The SMILES string of the molecule is CC(C)CNCc1cccc(OCCOCCC2CC2)c1. The highest BCUT2D eigenvalue weighted by atomic mass is 16.5. The van der Waals surface area contributed by atoms with E-state index in [-0.39, 0.29) is 0 Å². The highest BCUT2D eigenvalue weighted by Gasteiger charge is 2.20. The van der Waals surface area contributed by atoms with E-state index < -0.39 is 0 Å². The largest absolute Gasteiger partial charge is 0.491 e. The standard InChI is InChI=1S/C18H29NO2/c1-15(2)13-19-14-17-4-3-5-18(12-17)21-11-10-20-9-8-16-6-7-16/h3-5,12,15-16,19H,6-11,13-14H2,1-2H3. The summed E-state index contributed by atoms with van der Waals surface area (Å²) in [4.78, 5) is 0. The van der Waals surface area contributed by atoms with Crippen LogP contribution in [-0.4, -0.2) is 26.4 Å².